The van der Waals surface area contributed by atoms with E-state index in [0.29, 0.717) is 12.8 Å². The SMILES string of the molecule is CCCCCCCCCC(=O)Nc1c(C)c(C)c(NC(=O)CCCCCCCCC)c(C)c1C. The second-order valence-corrected chi connectivity index (χ2v) is 10.1. The number of carbonyl (C=O) groups is 2. The summed E-state index contributed by atoms with van der Waals surface area (Å²) in [4.78, 5) is 25.2. The Morgan fingerprint density at radius 1 is 0.471 bits per heavy atom. The van der Waals surface area contributed by atoms with E-state index in [1.807, 2.05) is 27.7 Å². The predicted octanol–water partition coefficient (Wildman–Crippen LogP) is 9.08. The van der Waals surface area contributed by atoms with E-state index < -0.39 is 0 Å². The second kappa shape index (κ2) is 17.6. The molecule has 0 aliphatic carbocycles. The molecular weight excluding hydrogens is 420 g/mol. The molecule has 0 fully saturated rings. The van der Waals surface area contributed by atoms with Crippen LogP contribution in [0.1, 0.15) is 139 Å². The number of amides is 2. The fourth-order valence-corrected chi connectivity index (χ4v) is 4.58. The lowest BCUT2D eigenvalue weighted by Crippen LogP contribution is -2.17. The fourth-order valence-electron chi connectivity index (χ4n) is 4.58. The van der Waals surface area contributed by atoms with E-state index in [1.165, 1.54) is 64.2 Å². The van der Waals surface area contributed by atoms with Gasteiger partial charge in [-0.05, 0) is 62.8 Å². The molecule has 34 heavy (non-hydrogen) atoms. The highest BCUT2D eigenvalue weighted by Crippen LogP contribution is 2.34. The van der Waals surface area contributed by atoms with E-state index in [-0.39, 0.29) is 11.8 Å². The normalized spacial score (nSPS) is 11.0. The zero-order chi connectivity index (χ0) is 25.3. The summed E-state index contributed by atoms with van der Waals surface area (Å²) in [7, 11) is 0. The van der Waals surface area contributed by atoms with Crippen LogP contribution < -0.4 is 10.6 Å². The highest BCUT2D eigenvalue weighted by Gasteiger charge is 2.18. The largest absolute Gasteiger partial charge is 0.326 e. The minimum atomic E-state index is 0.0919. The molecular formula is C30H52N2O2. The average Bonchev–Trinajstić information content (AvgIpc) is 2.82. The second-order valence-electron chi connectivity index (χ2n) is 10.1. The van der Waals surface area contributed by atoms with Crippen LogP contribution in [0.5, 0.6) is 0 Å². The maximum Gasteiger partial charge on any atom is 0.224 e. The summed E-state index contributed by atoms with van der Waals surface area (Å²) in [6, 6.07) is 0. The fraction of sp³-hybridized carbons (Fsp3) is 0.733. The standard InChI is InChI=1S/C30H52N2O2/c1-7-9-11-13-15-17-19-21-27(33)31-29-23(3)25(5)30(26(6)24(29)4)32-28(34)22-20-18-16-14-12-10-8-2/h7-22H2,1-6H3,(H,31,33)(H,32,34). The molecule has 0 radical (unpaired) electrons. The number of benzene rings is 1. The molecule has 2 N–H and O–H groups in total. The molecule has 0 aliphatic heterocycles. The lowest BCUT2D eigenvalue weighted by molar-refractivity contribution is -0.117. The first-order valence-corrected chi connectivity index (χ1v) is 14.0. The number of hydrogen-bond acceptors (Lipinski definition) is 2. The molecule has 0 spiro atoms. The van der Waals surface area contributed by atoms with Crippen LogP contribution in [0, 0.1) is 27.7 Å². The van der Waals surface area contributed by atoms with Crippen LogP contribution >= 0.6 is 0 Å². The number of carbonyl (C=O) groups excluding carboxylic acids is 2. The van der Waals surface area contributed by atoms with Crippen molar-refractivity contribution in [2.24, 2.45) is 0 Å². The molecule has 0 bridgehead atoms. The van der Waals surface area contributed by atoms with Gasteiger partial charge in [-0.2, -0.15) is 0 Å². The maximum absolute atomic E-state index is 12.6. The van der Waals surface area contributed by atoms with Crippen molar-refractivity contribution in [3.8, 4) is 0 Å². The van der Waals surface area contributed by atoms with Crippen molar-refractivity contribution in [3.05, 3.63) is 22.3 Å². The lowest BCUT2D eigenvalue weighted by Gasteiger charge is -2.21. The number of anilines is 2. The van der Waals surface area contributed by atoms with Crippen molar-refractivity contribution >= 4 is 23.2 Å². The average molecular weight is 473 g/mol. The van der Waals surface area contributed by atoms with E-state index in [2.05, 4.69) is 24.5 Å². The van der Waals surface area contributed by atoms with Gasteiger partial charge in [-0.15, -0.1) is 0 Å². The zero-order valence-electron chi connectivity index (χ0n) is 23.1. The monoisotopic (exact) mass is 472 g/mol. The van der Waals surface area contributed by atoms with Gasteiger partial charge in [-0.1, -0.05) is 90.9 Å². The smallest absolute Gasteiger partial charge is 0.224 e. The van der Waals surface area contributed by atoms with Crippen molar-refractivity contribution in [2.45, 2.75) is 144 Å². The number of unbranched alkanes of at least 4 members (excludes halogenated alkanes) is 12. The van der Waals surface area contributed by atoms with Gasteiger partial charge in [-0.25, -0.2) is 0 Å². The van der Waals surface area contributed by atoms with Gasteiger partial charge in [-0.3, -0.25) is 9.59 Å². The molecule has 0 unspecified atom stereocenters. The summed E-state index contributed by atoms with van der Waals surface area (Å²) < 4.78 is 0. The molecule has 1 aromatic rings. The van der Waals surface area contributed by atoms with Gasteiger partial charge < -0.3 is 10.6 Å². The molecule has 0 heterocycles. The molecule has 4 nitrogen and oxygen atoms in total. The molecule has 0 saturated heterocycles. The molecule has 0 aliphatic rings. The van der Waals surface area contributed by atoms with Crippen LogP contribution in [-0.4, -0.2) is 11.8 Å². The van der Waals surface area contributed by atoms with Gasteiger partial charge in [0, 0.05) is 24.2 Å². The van der Waals surface area contributed by atoms with E-state index in [0.717, 1.165) is 59.3 Å². The summed E-state index contributed by atoms with van der Waals surface area (Å²) in [5.41, 5.74) is 6.00. The lowest BCUT2D eigenvalue weighted by atomic mass is 9.95. The zero-order valence-corrected chi connectivity index (χ0v) is 23.1. The molecule has 4 heteroatoms. The van der Waals surface area contributed by atoms with Crippen molar-refractivity contribution in [2.75, 3.05) is 10.6 Å². The van der Waals surface area contributed by atoms with E-state index in [4.69, 9.17) is 0 Å². The first kappa shape index (κ1) is 30.2. The summed E-state index contributed by atoms with van der Waals surface area (Å²) in [6.45, 7) is 12.6. The number of nitrogens with one attached hydrogen (secondary N) is 2. The van der Waals surface area contributed by atoms with Crippen LogP contribution in [0.25, 0.3) is 0 Å². The summed E-state index contributed by atoms with van der Waals surface area (Å²) in [5.74, 6) is 0.184. The molecule has 1 aromatic carbocycles. The third-order valence-corrected chi connectivity index (χ3v) is 7.17. The third kappa shape index (κ3) is 11.1. The first-order chi connectivity index (χ1) is 16.3. The Balaban J connectivity index is 2.57. The Bertz CT molecular complexity index is 663. The van der Waals surface area contributed by atoms with Crippen LogP contribution in [0.3, 0.4) is 0 Å². The van der Waals surface area contributed by atoms with Crippen molar-refractivity contribution in [1.82, 2.24) is 0 Å². The summed E-state index contributed by atoms with van der Waals surface area (Å²) >= 11 is 0. The number of rotatable bonds is 18. The molecule has 0 atom stereocenters. The van der Waals surface area contributed by atoms with Gasteiger partial charge in [0.2, 0.25) is 11.8 Å². The number of hydrogen-bond donors (Lipinski definition) is 2. The summed E-state index contributed by atoms with van der Waals surface area (Å²) in [6.07, 6.45) is 18.0. The highest BCUT2D eigenvalue weighted by atomic mass is 16.2. The quantitative estimate of drug-likeness (QED) is 0.209. The minimum absolute atomic E-state index is 0.0919. The maximum atomic E-state index is 12.6. The Labute approximate surface area is 210 Å². The van der Waals surface area contributed by atoms with Gasteiger partial charge >= 0.3 is 0 Å². The Kier molecular flexibility index (Phi) is 15.6. The highest BCUT2D eigenvalue weighted by molar-refractivity contribution is 5.96. The van der Waals surface area contributed by atoms with Crippen molar-refractivity contribution in [1.29, 1.82) is 0 Å². The van der Waals surface area contributed by atoms with E-state index >= 15 is 0 Å². The predicted molar refractivity (Wildman–Crippen MR) is 148 cm³/mol. The van der Waals surface area contributed by atoms with Gasteiger partial charge in [0.05, 0.1) is 0 Å². The van der Waals surface area contributed by atoms with E-state index in [1.54, 1.807) is 0 Å². The Morgan fingerprint density at radius 2 is 0.735 bits per heavy atom. The topological polar surface area (TPSA) is 58.2 Å². The van der Waals surface area contributed by atoms with Crippen LogP contribution in [0.2, 0.25) is 0 Å². The van der Waals surface area contributed by atoms with E-state index in [9.17, 15) is 9.59 Å². The Hall–Kier alpha value is -1.84. The van der Waals surface area contributed by atoms with Crippen LogP contribution in [0.15, 0.2) is 0 Å². The summed E-state index contributed by atoms with van der Waals surface area (Å²) in [5, 5.41) is 6.33. The van der Waals surface area contributed by atoms with Gasteiger partial charge in [0.25, 0.3) is 0 Å². The molecule has 0 saturated carbocycles. The Morgan fingerprint density at radius 3 is 1.03 bits per heavy atom. The van der Waals surface area contributed by atoms with Gasteiger partial charge in [0.15, 0.2) is 0 Å². The third-order valence-electron chi connectivity index (χ3n) is 7.17. The molecule has 194 valence electrons. The van der Waals surface area contributed by atoms with Crippen LogP contribution in [0.4, 0.5) is 11.4 Å². The minimum Gasteiger partial charge on any atom is -0.326 e. The molecule has 2 amide bonds. The first-order valence-electron chi connectivity index (χ1n) is 14.0. The van der Waals surface area contributed by atoms with Gasteiger partial charge in [0.1, 0.15) is 0 Å². The van der Waals surface area contributed by atoms with Crippen LogP contribution in [-0.2, 0) is 9.59 Å². The molecule has 0 aromatic heterocycles. The van der Waals surface area contributed by atoms with Crippen molar-refractivity contribution in [3.63, 3.8) is 0 Å². The molecule has 1 rings (SSSR count). The van der Waals surface area contributed by atoms with Crippen molar-refractivity contribution < 1.29 is 9.59 Å².